The summed E-state index contributed by atoms with van der Waals surface area (Å²) in [6.45, 7) is 2.16. The molecule has 1 aliphatic heterocycles. The fourth-order valence-electron chi connectivity index (χ4n) is 3.03. The van der Waals surface area contributed by atoms with Crippen molar-refractivity contribution in [3.63, 3.8) is 0 Å². The molecule has 0 bridgehead atoms. The molecule has 5 heteroatoms. The molecular weight excluding hydrogens is 284 g/mol. The quantitative estimate of drug-likeness (QED) is 0.934. The molecule has 0 amide bonds. The zero-order valence-electron chi connectivity index (χ0n) is 12.2. The van der Waals surface area contributed by atoms with Gasteiger partial charge in [0.1, 0.15) is 5.82 Å². The second kappa shape index (κ2) is 6.10. The molecule has 3 rings (SSSR count). The van der Waals surface area contributed by atoms with Gasteiger partial charge in [-0.15, -0.1) is 0 Å². The lowest BCUT2D eigenvalue weighted by Gasteiger charge is -2.25. The molecule has 2 aromatic rings. The Bertz CT molecular complexity index is 660. The first-order chi connectivity index (χ1) is 10.2. The maximum Gasteiger partial charge on any atom is 0.335 e. The zero-order chi connectivity index (χ0) is 14.8. The first kappa shape index (κ1) is 14.4. The van der Waals surface area contributed by atoms with Gasteiger partial charge in [0.25, 0.3) is 0 Å². The number of hydrogen-bond donors (Lipinski definition) is 1. The van der Waals surface area contributed by atoms with Gasteiger partial charge in [0.05, 0.1) is 16.6 Å². The van der Waals surface area contributed by atoms with Gasteiger partial charge < -0.3 is 9.67 Å². The van der Waals surface area contributed by atoms with Gasteiger partial charge in [0.15, 0.2) is 0 Å². The van der Waals surface area contributed by atoms with Crippen molar-refractivity contribution >= 4 is 28.8 Å². The van der Waals surface area contributed by atoms with Gasteiger partial charge in [0.2, 0.25) is 0 Å². The minimum absolute atomic E-state index is 0.344. The van der Waals surface area contributed by atoms with E-state index in [2.05, 4.69) is 11.5 Å². The minimum atomic E-state index is -0.874. The molecular formula is C16H20N2O2S. The maximum atomic E-state index is 11.2. The normalized spacial score (nSPS) is 16.4. The predicted octanol–water partition coefficient (Wildman–Crippen LogP) is 3.76. The highest BCUT2D eigenvalue weighted by atomic mass is 32.2. The number of benzene rings is 1. The van der Waals surface area contributed by atoms with E-state index in [1.165, 1.54) is 11.5 Å². The van der Waals surface area contributed by atoms with Gasteiger partial charge in [-0.2, -0.15) is 11.8 Å². The Morgan fingerprint density at radius 2 is 2.19 bits per heavy atom. The Hall–Kier alpha value is -1.49. The summed E-state index contributed by atoms with van der Waals surface area (Å²) in [6, 6.07) is 5.73. The molecule has 1 fully saturated rings. The number of hydrogen-bond acceptors (Lipinski definition) is 3. The third-order valence-corrected chi connectivity index (χ3v) is 5.09. The topological polar surface area (TPSA) is 55.1 Å². The largest absolute Gasteiger partial charge is 0.478 e. The van der Waals surface area contributed by atoms with Crippen molar-refractivity contribution in [3.8, 4) is 0 Å². The van der Waals surface area contributed by atoms with Crippen LogP contribution in [0.25, 0.3) is 11.0 Å². The fraction of sp³-hybridized carbons (Fsp3) is 0.500. The summed E-state index contributed by atoms with van der Waals surface area (Å²) >= 11 is 2.00. The van der Waals surface area contributed by atoms with Crippen LogP contribution in [0.2, 0.25) is 0 Å². The van der Waals surface area contributed by atoms with Crippen molar-refractivity contribution in [1.82, 2.24) is 9.55 Å². The Labute approximate surface area is 128 Å². The summed E-state index contributed by atoms with van der Waals surface area (Å²) in [6.07, 6.45) is 4.28. The number of rotatable bonds is 4. The van der Waals surface area contributed by atoms with E-state index in [0.717, 1.165) is 42.5 Å². The van der Waals surface area contributed by atoms with Crippen LogP contribution in [-0.2, 0) is 6.42 Å². The van der Waals surface area contributed by atoms with Gasteiger partial charge in [0, 0.05) is 12.5 Å². The van der Waals surface area contributed by atoms with Crippen molar-refractivity contribution < 1.29 is 9.90 Å². The molecule has 0 spiro atoms. The third-order valence-electron chi connectivity index (χ3n) is 4.04. The summed E-state index contributed by atoms with van der Waals surface area (Å²) in [4.78, 5) is 16.0. The lowest BCUT2D eigenvalue weighted by Crippen LogP contribution is -2.17. The number of nitrogens with zero attached hydrogens (tertiary/aromatic N) is 2. The zero-order valence-corrected chi connectivity index (χ0v) is 13.0. The first-order valence-corrected chi connectivity index (χ1v) is 8.68. The number of fused-ring (bicyclic) bond motifs is 1. The second-order valence-electron chi connectivity index (χ2n) is 5.50. The van der Waals surface area contributed by atoms with Crippen LogP contribution in [0.15, 0.2) is 18.2 Å². The van der Waals surface area contributed by atoms with Gasteiger partial charge in [-0.05, 0) is 49.0 Å². The predicted molar refractivity (Wildman–Crippen MR) is 86.3 cm³/mol. The number of thioether (sulfide) groups is 1. The molecule has 2 heterocycles. The summed E-state index contributed by atoms with van der Waals surface area (Å²) in [5.41, 5.74) is 2.24. The highest BCUT2D eigenvalue weighted by Crippen LogP contribution is 2.32. The van der Waals surface area contributed by atoms with E-state index in [0.29, 0.717) is 11.6 Å². The van der Waals surface area contributed by atoms with Gasteiger partial charge in [-0.3, -0.25) is 0 Å². The van der Waals surface area contributed by atoms with Crippen LogP contribution in [0.4, 0.5) is 0 Å². The standard InChI is InChI=1S/C16H20N2O2S/c1-2-3-15-17-13-5-4-11(16(19)20)10-14(13)18(15)12-6-8-21-9-7-12/h4-5,10,12H,2-3,6-9H2,1H3,(H,19,20). The Balaban J connectivity index is 2.13. The van der Waals surface area contributed by atoms with Gasteiger partial charge in [-0.25, -0.2) is 9.78 Å². The molecule has 1 aromatic carbocycles. The van der Waals surface area contributed by atoms with Crippen LogP contribution < -0.4 is 0 Å². The van der Waals surface area contributed by atoms with Gasteiger partial charge in [-0.1, -0.05) is 6.92 Å². The lowest BCUT2D eigenvalue weighted by molar-refractivity contribution is 0.0697. The monoisotopic (exact) mass is 304 g/mol. The molecule has 4 nitrogen and oxygen atoms in total. The Kier molecular flexibility index (Phi) is 4.19. The van der Waals surface area contributed by atoms with Crippen LogP contribution in [-0.4, -0.2) is 32.1 Å². The summed E-state index contributed by atoms with van der Waals surface area (Å²) < 4.78 is 2.31. The van der Waals surface area contributed by atoms with Gasteiger partial charge >= 0.3 is 5.97 Å². The lowest BCUT2D eigenvalue weighted by atomic mass is 10.1. The van der Waals surface area contributed by atoms with E-state index in [1.54, 1.807) is 12.1 Å². The molecule has 1 aliphatic rings. The van der Waals surface area contributed by atoms with Crippen LogP contribution >= 0.6 is 11.8 Å². The summed E-state index contributed by atoms with van der Waals surface area (Å²) in [5, 5.41) is 9.22. The molecule has 1 N–H and O–H groups in total. The van der Waals surface area contributed by atoms with Crippen molar-refractivity contribution in [2.24, 2.45) is 0 Å². The smallest absolute Gasteiger partial charge is 0.335 e. The van der Waals surface area contributed by atoms with E-state index in [-0.39, 0.29) is 0 Å². The number of carboxylic acid groups (broad SMARTS) is 1. The molecule has 0 saturated carbocycles. The number of aromatic nitrogens is 2. The van der Waals surface area contributed by atoms with Crippen molar-refractivity contribution in [2.75, 3.05) is 11.5 Å². The number of carbonyl (C=O) groups is 1. The van der Waals surface area contributed by atoms with Crippen LogP contribution in [0.3, 0.4) is 0 Å². The molecule has 0 aliphatic carbocycles. The van der Waals surface area contributed by atoms with E-state index in [1.807, 2.05) is 17.8 Å². The first-order valence-electron chi connectivity index (χ1n) is 7.52. The number of aryl methyl sites for hydroxylation is 1. The summed E-state index contributed by atoms with van der Waals surface area (Å²) in [5.74, 6) is 2.58. The number of imidazole rings is 1. The Morgan fingerprint density at radius 3 is 2.86 bits per heavy atom. The molecule has 1 saturated heterocycles. The average Bonchev–Trinajstić information content (AvgIpc) is 2.85. The molecule has 0 atom stereocenters. The van der Waals surface area contributed by atoms with E-state index >= 15 is 0 Å². The van der Waals surface area contributed by atoms with Crippen molar-refractivity contribution in [3.05, 3.63) is 29.6 Å². The molecule has 0 radical (unpaired) electrons. The number of aromatic carboxylic acids is 1. The van der Waals surface area contributed by atoms with E-state index in [4.69, 9.17) is 4.98 Å². The van der Waals surface area contributed by atoms with E-state index in [9.17, 15) is 9.90 Å². The third kappa shape index (κ3) is 2.79. The maximum absolute atomic E-state index is 11.2. The molecule has 0 unspecified atom stereocenters. The highest BCUT2D eigenvalue weighted by Gasteiger charge is 2.21. The molecule has 112 valence electrons. The van der Waals surface area contributed by atoms with Crippen LogP contribution in [0.1, 0.15) is 48.4 Å². The van der Waals surface area contributed by atoms with E-state index < -0.39 is 5.97 Å². The molecule has 21 heavy (non-hydrogen) atoms. The van der Waals surface area contributed by atoms with Crippen LogP contribution in [0, 0.1) is 0 Å². The highest BCUT2D eigenvalue weighted by molar-refractivity contribution is 7.99. The minimum Gasteiger partial charge on any atom is -0.478 e. The summed E-state index contributed by atoms with van der Waals surface area (Å²) in [7, 11) is 0. The molecule has 1 aromatic heterocycles. The van der Waals surface area contributed by atoms with Crippen LogP contribution in [0.5, 0.6) is 0 Å². The number of carboxylic acids is 1. The fourth-order valence-corrected chi connectivity index (χ4v) is 4.11. The van der Waals surface area contributed by atoms with Crippen molar-refractivity contribution in [2.45, 2.75) is 38.6 Å². The average molecular weight is 304 g/mol. The Morgan fingerprint density at radius 1 is 1.43 bits per heavy atom. The van der Waals surface area contributed by atoms with Crippen molar-refractivity contribution in [1.29, 1.82) is 0 Å². The second-order valence-corrected chi connectivity index (χ2v) is 6.72. The SMILES string of the molecule is CCCc1nc2ccc(C(=O)O)cc2n1C1CCSCC1.